The fourth-order valence-corrected chi connectivity index (χ4v) is 2.42. The van der Waals surface area contributed by atoms with Crippen LogP contribution >= 0.6 is 0 Å². The lowest BCUT2D eigenvalue weighted by molar-refractivity contribution is 0.0952. The number of hydrogen-bond acceptors (Lipinski definition) is 3. The third-order valence-corrected chi connectivity index (χ3v) is 3.77. The minimum atomic E-state index is -0.429. The van der Waals surface area contributed by atoms with Gasteiger partial charge in [0.1, 0.15) is 5.75 Å². The Morgan fingerprint density at radius 2 is 1.80 bits per heavy atom. The van der Waals surface area contributed by atoms with Gasteiger partial charge in [-0.15, -0.1) is 0 Å². The first-order valence-electron chi connectivity index (χ1n) is 8.57. The molecule has 4 heteroatoms. The average molecular weight is 336 g/mol. The molecule has 2 aromatic carbocycles. The summed E-state index contributed by atoms with van der Waals surface area (Å²) < 4.78 is 0. The molecule has 130 valence electrons. The summed E-state index contributed by atoms with van der Waals surface area (Å²) in [5.74, 6) is -0.486. The Morgan fingerprint density at radius 1 is 1.08 bits per heavy atom. The van der Waals surface area contributed by atoms with Gasteiger partial charge in [0, 0.05) is 0 Å². The molecular weight excluding hydrogens is 312 g/mol. The van der Waals surface area contributed by atoms with Gasteiger partial charge in [-0.1, -0.05) is 68.3 Å². The number of nitrogens with one attached hydrogen (secondary N) is 1. The normalized spacial score (nSPS) is 11.6. The summed E-state index contributed by atoms with van der Waals surface area (Å²) in [6.07, 6.45) is 8.04. The minimum absolute atomic E-state index is 0.0572. The SMILES string of the molecule is CCCCCC(/C=N\NC(=O)c1ccccc1O)=C\c1ccccc1. The first kappa shape index (κ1) is 18.5. The van der Waals surface area contributed by atoms with E-state index in [4.69, 9.17) is 0 Å². The number of para-hydroxylation sites is 1. The Kier molecular flexibility index (Phi) is 7.44. The Balaban J connectivity index is 2.05. The summed E-state index contributed by atoms with van der Waals surface area (Å²) >= 11 is 0. The Labute approximate surface area is 148 Å². The number of rotatable bonds is 8. The Morgan fingerprint density at radius 3 is 2.52 bits per heavy atom. The van der Waals surface area contributed by atoms with Gasteiger partial charge in [0.25, 0.3) is 5.91 Å². The van der Waals surface area contributed by atoms with Crippen LogP contribution < -0.4 is 5.43 Å². The molecule has 0 aliphatic rings. The maximum atomic E-state index is 12.1. The maximum Gasteiger partial charge on any atom is 0.275 e. The molecule has 25 heavy (non-hydrogen) atoms. The third kappa shape index (κ3) is 6.26. The van der Waals surface area contributed by atoms with Crippen molar-refractivity contribution in [3.63, 3.8) is 0 Å². The quantitative estimate of drug-likeness (QED) is 0.414. The van der Waals surface area contributed by atoms with E-state index in [0.717, 1.165) is 36.8 Å². The van der Waals surface area contributed by atoms with Crippen molar-refractivity contribution in [1.29, 1.82) is 0 Å². The minimum Gasteiger partial charge on any atom is -0.507 e. The highest BCUT2D eigenvalue weighted by molar-refractivity contribution is 5.97. The number of benzene rings is 2. The number of nitrogens with zero attached hydrogens (tertiary/aromatic N) is 1. The van der Waals surface area contributed by atoms with E-state index in [-0.39, 0.29) is 11.3 Å². The van der Waals surface area contributed by atoms with E-state index in [1.807, 2.05) is 30.3 Å². The van der Waals surface area contributed by atoms with E-state index in [0.29, 0.717) is 0 Å². The van der Waals surface area contributed by atoms with Gasteiger partial charge in [0.15, 0.2) is 0 Å². The van der Waals surface area contributed by atoms with E-state index >= 15 is 0 Å². The number of phenols is 1. The molecule has 1 amide bonds. The predicted octanol–water partition coefficient (Wildman–Crippen LogP) is 4.77. The van der Waals surface area contributed by atoms with Crippen LogP contribution in [-0.2, 0) is 0 Å². The van der Waals surface area contributed by atoms with E-state index in [1.165, 1.54) is 6.07 Å². The Bertz CT molecular complexity index is 737. The van der Waals surface area contributed by atoms with Gasteiger partial charge in [0.2, 0.25) is 0 Å². The van der Waals surface area contributed by atoms with Gasteiger partial charge in [0.05, 0.1) is 11.8 Å². The number of hydrogen-bond donors (Lipinski definition) is 2. The van der Waals surface area contributed by atoms with Crippen LogP contribution in [0.1, 0.15) is 48.5 Å². The summed E-state index contributed by atoms with van der Waals surface area (Å²) in [5, 5.41) is 13.8. The average Bonchev–Trinajstić information content (AvgIpc) is 2.63. The molecule has 0 unspecified atom stereocenters. The molecule has 0 radical (unpaired) electrons. The van der Waals surface area contributed by atoms with Gasteiger partial charge >= 0.3 is 0 Å². The van der Waals surface area contributed by atoms with Crippen molar-refractivity contribution in [2.24, 2.45) is 5.10 Å². The van der Waals surface area contributed by atoms with Crippen LogP contribution in [0.3, 0.4) is 0 Å². The molecule has 0 spiro atoms. The van der Waals surface area contributed by atoms with E-state index in [2.05, 4.69) is 23.5 Å². The van der Waals surface area contributed by atoms with Crippen molar-refractivity contribution >= 4 is 18.2 Å². The zero-order valence-electron chi connectivity index (χ0n) is 14.5. The van der Waals surface area contributed by atoms with Gasteiger partial charge in [-0.3, -0.25) is 4.79 Å². The molecule has 0 aliphatic heterocycles. The van der Waals surface area contributed by atoms with Crippen molar-refractivity contribution in [2.75, 3.05) is 0 Å². The molecule has 0 saturated heterocycles. The molecular formula is C21H24N2O2. The predicted molar refractivity (Wildman–Crippen MR) is 103 cm³/mol. The van der Waals surface area contributed by atoms with Crippen molar-refractivity contribution in [1.82, 2.24) is 5.43 Å². The van der Waals surface area contributed by atoms with Crippen molar-refractivity contribution in [3.8, 4) is 5.75 Å². The zero-order chi connectivity index (χ0) is 17.9. The lowest BCUT2D eigenvalue weighted by Gasteiger charge is -2.04. The number of unbranched alkanes of at least 4 members (excludes halogenated alkanes) is 2. The molecule has 0 saturated carbocycles. The second-order valence-corrected chi connectivity index (χ2v) is 5.80. The molecule has 0 bridgehead atoms. The number of allylic oxidation sites excluding steroid dienone is 1. The van der Waals surface area contributed by atoms with Gasteiger partial charge in [-0.25, -0.2) is 5.43 Å². The van der Waals surface area contributed by atoms with Crippen LogP contribution in [-0.4, -0.2) is 17.2 Å². The maximum absolute atomic E-state index is 12.1. The topological polar surface area (TPSA) is 61.7 Å². The zero-order valence-corrected chi connectivity index (χ0v) is 14.5. The molecule has 0 aromatic heterocycles. The smallest absolute Gasteiger partial charge is 0.275 e. The van der Waals surface area contributed by atoms with Gasteiger partial charge in [-0.2, -0.15) is 5.10 Å². The largest absolute Gasteiger partial charge is 0.507 e. The summed E-state index contributed by atoms with van der Waals surface area (Å²) in [6, 6.07) is 16.4. The number of carbonyl (C=O) groups excluding carboxylic acids is 1. The van der Waals surface area contributed by atoms with E-state index < -0.39 is 5.91 Å². The van der Waals surface area contributed by atoms with Crippen molar-refractivity contribution < 1.29 is 9.90 Å². The highest BCUT2D eigenvalue weighted by Gasteiger charge is 2.08. The molecule has 0 aliphatic carbocycles. The summed E-state index contributed by atoms with van der Waals surface area (Å²) in [5.41, 5.74) is 4.84. The lowest BCUT2D eigenvalue weighted by Crippen LogP contribution is -2.17. The standard InChI is InChI=1S/C21H24N2O2/c1-2-3-5-12-18(15-17-10-6-4-7-11-17)16-22-23-21(25)19-13-8-9-14-20(19)24/h4,6-11,13-16,24H,2-3,5,12H2,1H3,(H,23,25)/b18-15+,22-16-. The number of phenolic OH excluding ortho intramolecular Hbond substituents is 1. The van der Waals surface area contributed by atoms with Crippen LogP contribution in [0.25, 0.3) is 6.08 Å². The lowest BCUT2D eigenvalue weighted by atomic mass is 10.1. The molecule has 0 atom stereocenters. The summed E-state index contributed by atoms with van der Waals surface area (Å²) in [6.45, 7) is 2.17. The number of carbonyl (C=O) groups is 1. The fourth-order valence-electron chi connectivity index (χ4n) is 2.42. The highest BCUT2D eigenvalue weighted by Crippen LogP contribution is 2.15. The van der Waals surface area contributed by atoms with Crippen LogP contribution in [0.4, 0.5) is 0 Å². The van der Waals surface area contributed by atoms with Gasteiger partial charge in [-0.05, 0) is 36.1 Å². The van der Waals surface area contributed by atoms with Crippen LogP contribution in [0.2, 0.25) is 0 Å². The van der Waals surface area contributed by atoms with Crippen LogP contribution in [0.5, 0.6) is 5.75 Å². The number of aromatic hydroxyl groups is 1. The number of amides is 1. The third-order valence-electron chi connectivity index (χ3n) is 3.77. The van der Waals surface area contributed by atoms with Crippen LogP contribution in [0, 0.1) is 0 Å². The first-order valence-corrected chi connectivity index (χ1v) is 8.57. The number of hydrazone groups is 1. The fraction of sp³-hybridized carbons (Fsp3) is 0.238. The molecule has 0 fully saturated rings. The van der Waals surface area contributed by atoms with E-state index in [1.54, 1.807) is 24.4 Å². The van der Waals surface area contributed by atoms with Gasteiger partial charge < -0.3 is 5.11 Å². The molecule has 2 N–H and O–H groups in total. The highest BCUT2D eigenvalue weighted by atomic mass is 16.3. The molecule has 0 heterocycles. The first-order chi connectivity index (χ1) is 12.2. The van der Waals surface area contributed by atoms with Crippen molar-refractivity contribution in [2.45, 2.75) is 32.6 Å². The second-order valence-electron chi connectivity index (χ2n) is 5.80. The molecule has 4 nitrogen and oxygen atoms in total. The van der Waals surface area contributed by atoms with Crippen LogP contribution in [0.15, 0.2) is 65.3 Å². The molecule has 2 rings (SSSR count). The van der Waals surface area contributed by atoms with Crippen molar-refractivity contribution in [3.05, 3.63) is 71.3 Å². The monoisotopic (exact) mass is 336 g/mol. The second kappa shape index (κ2) is 10.1. The summed E-state index contributed by atoms with van der Waals surface area (Å²) in [7, 11) is 0. The summed E-state index contributed by atoms with van der Waals surface area (Å²) in [4.78, 5) is 12.1. The van der Waals surface area contributed by atoms with E-state index in [9.17, 15) is 9.90 Å². The Hall–Kier alpha value is -2.88. The molecule has 2 aromatic rings.